The fraction of sp³-hybridized carbons (Fsp3) is 0.304. The van der Waals surface area contributed by atoms with E-state index in [2.05, 4.69) is 15.5 Å². The monoisotopic (exact) mass is 472 g/mol. The summed E-state index contributed by atoms with van der Waals surface area (Å²) in [7, 11) is 0. The van der Waals surface area contributed by atoms with Crippen molar-refractivity contribution in [3.8, 4) is 11.5 Å². The van der Waals surface area contributed by atoms with Gasteiger partial charge in [0.05, 0.1) is 29.6 Å². The number of benzene rings is 2. The van der Waals surface area contributed by atoms with Crippen LogP contribution in [0.3, 0.4) is 0 Å². The SMILES string of the molecule is CC(=O)N[C@@H](CC(=O)N(Cc1nnc(-c2ccccc2Cl)o1)C1CC1)c1ccccc1Cl. The second-order valence-corrected chi connectivity index (χ2v) is 8.53. The second-order valence-electron chi connectivity index (χ2n) is 7.71. The summed E-state index contributed by atoms with van der Waals surface area (Å²) in [5.74, 6) is 0.278. The van der Waals surface area contributed by atoms with E-state index in [-0.39, 0.29) is 30.8 Å². The van der Waals surface area contributed by atoms with Crippen molar-refractivity contribution in [1.29, 1.82) is 0 Å². The van der Waals surface area contributed by atoms with Gasteiger partial charge in [0.25, 0.3) is 0 Å². The van der Waals surface area contributed by atoms with Crippen LogP contribution in [0.1, 0.15) is 43.7 Å². The highest BCUT2D eigenvalue weighted by Gasteiger charge is 2.35. The quantitative estimate of drug-likeness (QED) is 0.508. The first-order chi connectivity index (χ1) is 15.4. The first-order valence-electron chi connectivity index (χ1n) is 10.3. The standard InChI is InChI=1S/C23H22Cl2N4O3/c1-14(30)26-20(16-6-2-4-8-18(16)24)12-22(31)29(15-10-11-15)13-21-27-28-23(32-21)17-7-3-5-9-19(17)25/h2-9,15,20H,10-13H2,1H3,(H,26,30)/t20-/m0/s1. The van der Waals surface area contributed by atoms with Crippen molar-refractivity contribution in [1.82, 2.24) is 20.4 Å². The maximum Gasteiger partial charge on any atom is 0.249 e. The number of hydrogen-bond donors (Lipinski definition) is 1. The summed E-state index contributed by atoms with van der Waals surface area (Å²) in [6.45, 7) is 1.61. The highest BCUT2D eigenvalue weighted by Crippen LogP contribution is 2.32. The minimum absolute atomic E-state index is 0.0747. The first-order valence-corrected chi connectivity index (χ1v) is 11.1. The third kappa shape index (κ3) is 5.29. The Bertz CT molecular complexity index is 1130. The minimum atomic E-state index is -0.531. The maximum atomic E-state index is 13.3. The number of carbonyl (C=O) groups is 2. The van der Waals surface area contributed by atoms with E-state index in [0.717, 1.165) is 12.8 Å². The van der Waals surface area contributed by atoms with E-state index < -0.39 is 6.04 Å². The molecule has 32 heavy (non-hydrogen) atoms. The number of hydrogen-bond acceptors (Lipinski definition) is 5. The minimum Gasteiger partial charge on any atom is -0.419 e. The lowest BCUT2D eigenvalue weighted by Crippen LogP contribution is -2.37. The molecule has 2 aromatic carbocycles. The Morgan fingerprint density at radius 1 is 1.09 bits per heavy atom. The van der Waals surface area contributed by atoms with Gasteiger partial charge in [-0.2, -0.15) is 0 Å². The number of nitrogens with one attached hydrogen (secondary N) is 1. The molecule has 1 fully saturated rings. The van der Waals surface area contributed by atoms with Crippen LogP contribution in [-0.2, 0) is 16.1 Å². The molecule has 1 atom stereocenters. The zero-order chi connectivity index (χ0) is 22.7. The Kier molecular flexibility index (Phi) is 6.77. The van der Waals surface area contributed by atoms with Crippen LogP contribution in [0, 0.1) is 0 Å². The molecule has 1 heterocycles. The third-order valence-electron chi connectivity index (χ3n) is 5.22. The van der Waals surface area contributed by atoms with Crippen molar-refractivity contribution >= 4 is 35.0 Å². The molecule has 4 rings (SSSR count). The summed E-state index contributed by atoms with van der Waals surface area (Å²) in [6, 6.07) is 14.0. The highest BCUT2D eigenvalue weighted by atomic mass is 35.5. The van der Waals surface area contributed by atoms with E-state index in [9.17, 15) is 9.59 Å². The van der Waals surface area contributed by atoms with Gasteiger partial charge in [0, 0.05) is 18.0 Å². The highest BCUT2D eigenvalue weighted by molar-refractivity contribution is 6.33. The predicted octanol–water partition coefficient (Wildman–Crippen LogP) is 4.80. The molecule has 2 amide bonds. The molecule has 1 N–H and O–H groups in total. The summed E-state index contributed by atoms with van der Waals surface area (Å²) in [5, 5.41) is 12.0. The molecule has 0 unspecified atom stereocenters. The van der Waals surface area contributed by atoms with Crippen LogP contribution in [0.5, 0.6) is 0 Å². The summed E-state index contributed by atoms with van der Waals surface area (Å²) in [6.07, 6.45) is 1.90. The molecular formula is C23H22Cl2N4O3. The van der Waals surface area contributed by atoms with Crippen LogP contribution in [0.2, 0.25) is 10.0 Å². The Morgan fingerprint density at radius 3 is 2.44 bits per heavy atom. The number of halogens is 2. The second kappa shape index (κ2) is 9.71. The number of nitrogens with zero attached hydrogens (tertiary/aromatic N) is 3. The number of aromatic nitrogens is 2. The molecule has 166 valence electrons. The van der Waals surface area contributed by atoms with Gasteiger partial charge in [-0.15, -0.1) is 10.2 Å². The molecule has 9 heteroatoms. The summed E-state index contributed by atoms with van der Waals surface area (Å²) < 4.78 is 5.79. The van der Waals surface area contributed by atoms with Crippen molar-refractivity contribution < 1.29 is 14.0 Å². The van der Waals surface area contributed by atoms with Crippen molar-refractivity contribution in [2.45, 2.75) is 44.8 Å². The van der Waals surface area contributed by atoms with Crippen LogP contribution in [0.25, 0.3) is 11.5 Å². The fourth-order valence-corrected chi connectivity index (χ4v) is 4.03. The van der Waals surface area contributed by atoms with Gasteiger partial charge in [-0.25, -0.2) is 0 Å². The average Bonchev–Trinajstić information content (AvgIpc) is 3.49. The average molecular weight is 473 g/mol. The van der Waals surface area contributed by atoms with Crippen molar-refractivity contribution in [2.75, 3.05) is 0 Å². The molecule has 3 aromatic rings. The molecule has 1 aliphatic carbocycles. The Balaban J connectivity index is 1.51. The lowest BCUT2D eigenvalue weighted by atomic mass is 10.0. The third-order valence-corrected chi connectivity index (χ3v) is 5.90. The number of carbonyl (C=O) groups excluding carboxylic acids is 2. The molecule has 0 radical (unpaired) electrons. The van der Waals surface area contributed by atoms with E-state index in [4.69, 9.17) is 27.6 Å². The van der Waals surface area contributed by atoms with Gasteiger partial charge in [0.2, 0.25) is 23.6 Å². The molecule has 0 bridgehead atoms. The van der Waals surface area contributed by atoms with E-state index in [1.165, 1.54) is 6.92 Å². The number of rotatable bonds is 8. The predicted molar refractivity (Wildman–Crippen MR) is 121 cm³/mol. The Morgan fingerprint density at radius 2 is 1.78 bits per heavy atom. The largest absolute Gasteiger partial charge is 0.419 e. The summed E-state index contributed by atoms with van der Waals surface area (Å²) >= 11 is 12.5. The summed E-state index contributed by atoms with van der Waals surface area (Å²) in [5.41, 5.74) is 1.34. The van der Waals surface area contributed by atoms with E-state index >= 15 is 0 Å². The molecule has 0 spiro atoms. The molecule has 1 aromatic heterocycles. The van der Waals surface area contributed by atoms with Gasteiger partial charge in [0.1, 0.15) is 0 Å². The van der Waals surface area contributed by atoms with Crippen LogP contribution in [0.15, 0.2) is 52.9 Å². The zero-order valence-electron chi connectivity index (χ0n) is 17.4. The van der Waals surface area contributed by atoms with Crippen LogP contribution < -0.4 is 5.32 Å². The Labute approximate surface area is 195 Å². The molecule has 7 nitrogen and oxygen atoms in total. The topological polar surface area (TPSA) is 88.3 Å². The van der Waals surface area contributed by atoms with E-state index in [1.54, 1.807) is 29.2 Å². The fourth-order valence-electron chi connectivity index (χ4n) is 3.55. The van der Waals surface area contributed by atoms with Crippen LogP contribution in [-0.4, -0.2) is 33.0 Å². The number of amides is 2. The molecule has 0 aliphatic heterocycles. The van der Waals surface area contributed by atoms with Gasteiger partial charge >= 0.3 is 0 Å². The van der Waals surface area contributed by atoms with Crippen molar-refractivity contribution in [2.24, 2.45) is 0 Å². The van der Waals surface area contributed by atoms with Gasteiger partial charge in [-0.3, -0.25) is 9.59 Å². The van der Waals surface area contributed by atoms with Crippen molar-refractivity contribution in [3.05, 3.63) is 70.0 Å². The van der Waals surface area contributed by atoms with E-state index in [0.29, 0.717) is 33.0 Å². The Hall–Kier alpha value is -2.90. The maximum absolute atomic E-state index is 13.3. The summed E-state index contributed by atoms with van der Waals surface area (Å²) in [4.78, 5) is 26.8. The normalized spacial score (nSPS) is 14.1. The van der Waals surface area contributed by atoms with Gasteiger partial charge in [-0.1, -0.05) is 53.5 Å². The van der Waals surface area contributed by atoms with E-state index in [1.807, 2.05) is 24.3 Å². The van der Waals surface area contributed by atoms with Crippen LogP contribution in [0.4, 0.5) is 0 Å². The molecular weight excluding hydrogens is 451 g/mol. The molecule has 1 saturated carbocycles. The lowest BCUT2D eigenvalue weighted by Gasteiger charge is -2.25. The smallest absolute Gasteiger partial charge is 0.249 e. The van der Waals surface area contributed by atoms with Gasteiger partial charge < -0.3 is 14.6 Å². The lowest BCUT2D eigenvalue weighted by molar-refractivity contribution is -0.133. The van der Waals surface area contributed by atoms with Gasteiger partial charge in [0.15, 0.2) is 0 Å². The molecule has 1 aliphatic rings. The first kappa shape index (κ1) is 22.3. The van der Waals surface area contributed by atoms with Crippen LogP contribution >= 0.6 is 23.2 Å². The van der Waals surface area contributed by atoms with Crippen molar-refractivity contribution in [3.63, 3.8) is 0 Å². The molecule has 0 saturated heterocycles. The zero-order valence-corrected chi connectivity index (χ0v) is 18.9. The van der Waals surface area contributed by atoms with Gasteiger partial charge in [-0.05, 0) is 36.6 Å².